The van der Waals surface area contributed by atoms with Gasteiger partial charge in [-0.05, 0) is 37.7 Å². The van der Waals surface area contributed by atoms with Gasteiger partial charge in [-0.15, -0.1) is 0 Å². The largest absolute Gasteiger partial charge is 0.348 e. The van der Waals surface area contributed by atoms with Crippen LogP contribution in [0.25, 0.3) is 0 Å². The van der Waals surface area contributed by atoms with Crippen LogP contribution in [0.5, 0.6) is 0 Å². The third-order valence-corrected chi connectivity index (χ3v) is 4.30. The van der Waals surface area contributed by atoms with Crippen LogP contribution in [0.4, 0.5) is 10.1 Å². The molecule has 0 atom stereocenters. The summed E-state index contributed by atoms with van der Waals surface area (Å²) in [4.78, 5) is 29.8. The standard InChI is InChI=1S/C18H27FN4O2/c1-21(2)18(25)14-23-9-4-8-22(11-12-23)10-7-17(24)20-16-6-3-5-15(19)13-16/h3,5-6,13H,4,7-12,14H2,1-2H3,(H,20,24). The van der Waals surface area contributed by atoms with Crippen molar-refractivity contribution in [1.82, 2.24) is 14.7 Å². The number of carbonyl (C=O) groups excluding carboxylic acids is 2. The van der Waals surface area contributed by atoms with E-state index in [1.165, 1.54) is 12.1 Å². The molecule has 1 fully saturated rings. The highest BCUT2D eigenvalue weighted by molar-refractivity contribution is 5.90. The third-order valence-electron chi connectivity index (χ3n) is 4.30. The van der Waals surface area contributed by atoms with Crippen LogP contribution in [0.15, 0.2) is 24.3 Å². The highest BCUT2D eigenvalue weighted by atomic mass is 19.1. The van der Waals surface area contributed by atoms with Crippen LogP contribution < -0.4 is 5.32 Å². The molecule has 2 amide bonds. The van der Waals surface area contributed by atoms with Gasteiger partial charge in [0.2, 0.25) is 11.8 Å². The Labute approximate surface area is 148 Å². The smallest absolute Gasteiger partial charge is 0.236 e. The molecule has 1 N–H and O–H groups in total. The summed E-state index contributed by atoms with van der Waals surface area (Å²) < 4.78 is 13.1. The Balaban J connectivity index is 1.72. The van der Waals surface area contributed by atoms with Crippen molar-refractivity contribution in [3.05, 3.63) is 30.1 Å². The summed E-state index contributed by atoms with van der Waals surface area (Å²) in [6.07, 6.45) is 1.35. The Morgan fingerprint density at radius 3 is 2.60 bits per heavy atom. The zero-order chi connectivity index (χ0) is 18.2. The van der Waals surface area contributed by atoms with Gasteiger partial charge in [0.25, 0.3) is 0 Å². The summed E-state index contributed by atoms with van der Waals surface area (Å²) in [5.74, 6) is -0.366. The molecule has 1 aliphatic rings. The fourth-order valence-electron chi connectivity index (χ4n) is 2.79. The molecule has 0 bridgehead atoms. The van der Waals surface area contributed by atoms with Gasteiger partial charge in [0.05, 0.1) is 6.54 Å². The molecule has 2 rings (SSSR count). The van der Waals surface area contributed by atoms with E-state index < -0.39 is 0 Å². The van der Waals surface area contributed by atoms with Crippen LogP contribution in [0.3, 0.4) is 0 Å². The van der Waals surface area contributed by atoms with Crippen molar-refractivity contribution < 1.29 is 14.0 Å². The van der Waals surface area contributed by atoms with Crippen molar-refractivity contribution in [3.8, 4) is 0 Å². The number of nitrogens with one attached hydrogen (secondary N) is 1. The van der Waals surface area contributed by atoms with Crippen molar-refractivity contribution >= 4 is 17.5 Å². The molecule has 0 saturated carbocycles. The monoisotopic (exact) mass is 350 g/mol. The minimum absolute atomic E-state index is 0.114. The lowest BCUT2D eigenvalue weighted by molar-refractivity contribution is -0.129. The van der Waals surface area contributed by atoms with Gasteiger partial charge in [-0.25, -0.2) is 4.39 Å². The Morgan fingerprint density at radius 2 is 1.88 bits per heavy atom. The van der Waals surface area contributed by atoms with Crippen molar-refractivity contribution in [2.45, 2.75) is 12.8 Å². The van der Waals surface area contributed by atoms with Crippen molar-refractivity contribution in [2.24, 2.45) is 0 Å². The zero-order valence-corrected chi connectivity index (χ0v) is 15.0. The number of hydrogen-bond acceptors (Lipinski definition) is 4. The van der Waals surface area contributed by atoms with E-state index in [9.17, 15) is 14.0 Å². The number of amides is 2. The van der Waals surface area contributed by atoms with Crippen LogP contribution >= 0.6 is 0 Å². The number of rotatable bonds is 6. The fourth-order valence-corrected chi connectivity index (χ4v) is 2.79. The second-order valence-corrected chi connectivity index (χ2v) is 6.57. The minimum Gasteiger partial charge on any atom is -0.348 e. The second-order valence-electron chi connectivity index (χ2n) is 6.57. The van der Waals surface area contributed by atoms with Crippen molar-refractivity contribution in [1.29, 1.82) is 0 Å². The van der Waals surface area contributed by atoms with Crippen LogP contribution in [0.1, 0.15) is 12.8 Å². The Kier molecular flexibility index (Phi) is 7.33. The van der Waals surface area contributed by atoms with Gasteiger partial charge in [0.1, 0.15) is 5.82 Å². The van der Waals surface area contributed by atoms with E-state index in [2.05, 4.69) is 15.1 Å². The van der Waals surface area contributed by atoms with E-state index in [4.69, 9.17) is 0 Å². The van der Waals surface area contributed by atoms with E-state index >= 15 is 0 Å². The van der Waals surface area contributed by atoms with E-state index in [0.717, 1.165) is 32.6 Å². The van der Waals surface area contributed by atoms with Crippen LogP contribution in [-0.2, 0) is 9.59 Å². The number of carbonyl (C=O) groups is 2. The van der Waals surface area contributed by atoms with Crippen LogP contribution in [0.2, 0.25) is 0 Å². The summed E-state index contributed by atoms with van der Waals surface area (Å²) in [7, 11) is 3.54. The predicted molar refractivity (Wildman–Crippen MR) is 95.8 cm³/mol. The molecular weight excluding hydrogens is 323 g/mol. The molecule has 0 aliphatic carbocycles. The van der Waals surface area contributed by atoms with Gasteiger partial charge in [-0.2, -0.15) is 0 Å². The minimum atomic E-state index is -0.363. The molecule has 138 valence electrons. The van der Waals surface area contributed by atoms with E-state index in [0.29, 0.717) is 25.2 Å². The fraction of sp³-hybridized carbons (Fsp3) is 0.556. The average Bonchev–Trinajstić information content (AvgIpc) is 2.78. The zero-order valence-electron chi connectivity index (χ0n) is 15.0. The maximum Gasteiger partial charge on any atom is 0.236 e. The molecule has 1 aromatic carbocycles. The van der Waals surface area contributed by atoms with Crippen molar-refractivity contribution in [3.63, 3.8) is 0 Å². The lowest BCUT2D eigenvalue weighted by Crippen LogP contribution is -2.39. The highest BCUT2D eigenvalue weighted by Crippen LogP contribution is 2.10. The van der Waals surface area contributed by atoms with Crippen LogP contribution in [0, 0.1) is 5.82 Å². The average molecular weight is 350 g/mol. The molecule has 0 spiro atoms. The second kappa shape index (κ2) is 9.48. The van der Waals surface area contributed by atoms with E-state index in [1.54, 1.807) is 31.1 Å². The molecule has 1 heterocycles. The molecule has 1 saturated heterocycles. The normalized spacial score (nSPS) is 16.3. The van der Waals surface area contributed by atoms with Crippen LogP contribution in [-0.4, -0.2) is 79.9 Å². The topological polar surface area (TPSA) is 55.9 Å². The van der Waals surface area contributed by atoms with Gasteiger partial charge >= 0.3 is 0 Å². The molecule has 25 heavy (non-hydrogen) atoms. The van der Waals surface area contributed by atoms with Gasteiger partial charge in [0, 0.05) is 45.8 Å². The lowest BCUT2D eigenvalue weighted by atomic mass is 10.3. The molecule has 7 heteroatoms. The maximum absolute atomic E-state index is 13.1. The molecule has 6 nitrogen and oxygen atoms in total. The first-order valence-corrected chi connectivity index (χ1v) is 8.64. The lowest BCUT2D eigenvalue weighted by Gasteiger charge is -2.22. The summed E-state index contributed by atoms with van der Waals surface area (Å²) in [5.41, 5.74) is 0.481. The van der Waals surface area contributed by atoms with Gasteiger partial charge in [0.15, 0.2) is 0 Å². The first kappa shape index (κ1) is 19.3. The molecular formula is C18H27FN4O2. The predicted octanol–water partition coefficient (Wildman–Crippen LogP) is 1.25. The van der Waals surface area contributed by atoms with E-state index in [-0.39, 0.29) is 17.6 Å². The molecule has 0 unspecified atom stereocenters. The number of anilines is 1. The summed E-state index contributed by atoms with van der Waals surface area (Å²) >= 11 is 0. The first-order valence-electron chi connectivity index (χ1n) is 8.64. The maximum atomic E-state index is 13.1. The van der Waals surface area contributed by atoms with Gasteiger partial charge in [-0.1, -0.05) is 6.07 Å². The quantitative estimate of drug-likeness (QED) is 0.839. The molecule has 1 aliphatic heterocycles. The number of likely N-dealkylation sites (N-methyl/N-ethyl adjacent to an activating group) is 1. The number of halogens is 1. The summed E-state index contributed by atoms with van der Waals surface area (Å²) in [6, 6.07) is 5.90. The Morgan fingerprint density at radius 1 is 1.16 bits per heavy atom. The SMILES string of the molecule is CN(C)C(=O)CN1CCCN(CCC(=O)Nc2cccc(F)c2)CC1. The first-order chi connectivity index (χ1) is 11.9. The molecule has 0 aromatic heterocycles. The van der Waals surface area contributed by atoms with E-state index in [1.807, 2.05) is 0 Å². The Hall–Kier alpha value is -1.99. The number of nitrogens with zero attached hydrogens (tertiary/aromatic N) is 3. The number of benzene rings is 1. The van der Waals surface area contributed by atoms with Gasteiger partial charge in [-0.3, -0.25) is 14.5 Å². The van der Waals surface area contributed by atoms with Gasteiger partial charge < -0.3 is 15.1 Å². The summed E-state index contributed by atoms with van der Waals surface area (Å²) in [5, 5.41) is 2.72. The third kappa shape index (κ3) is 6.80. The highest BCUT2D eigenvalue weighted by Gasteiger charge is 2.18. The summed E-state index contributed by atoms with van der Waals surface area (Å²) in [6.45, 7) is 4.59. The molecule has 0 radical (unpaired) electrons. The molecule has 1 aromatic rings. The Bertz CT molecular complexity index is 594. The van der Waals surface area contributed by atoms with Crippen molar-refractivity contribution in [2.75, 3.05) is 58.7 Å². The number of hydrogen-bond donors (Lipinski definition) is 1.